The first-order chi connectivity index (χ1) is 11.0. The molecule has 5 nitrogen and oxygen atoms in total. The van der Waals surface area contributed by atoms with Crippen LogP contribution in [0.15, 0.2) is 33.7 Å². The van der Waals surface area contributed by atoms with Gasteiger partial charge in [0.2, 0.25) is 5.91 Å². The van der Waals surface area contributed by atoms with Crippen molar-refractivity contribution in [1.82, 2.24) is 15.5 Å². The largest absolute Gasteiger partial charge is 0.356 e. The second-order valence-electron chi connectivity index (χ2n) is 6.15. The number of carbonyl (C=O) groups is 1. The molecule has 0 radical (unpaired) electrons. The zero-order valence-electron chi connectivity index (χ0n) is 14.0. The van der Waals surface area contributed by atoms with E-state index in [2.05, 4.69) is 49.8 Å². The fourth-order valence-corrected chi connectivity index (χ4v) is 3.27. The number of guanidine groups is 1. The Kier molecular flexibility index (Phi) is 6.04. The van der Waals surface area contributed by atoms with E-state index in [1.54, 1.807) is 26.0 Å². The molecule has 1 amide bonds. The normalized spacial score (nSPS) is 15.9. The van der Waals surface area contributed by atoms with E-state index in [-0.39, 0.29) is 11.3 Å². The van der Waals surface area contributed by atoms with E-state index < -0.39 is 0 Å². The van der Waals surface area contributed by atoms with Crippen molar-refractivity contribution in [2.45, 2.75) is 24.7 Å². The van der Waals surface area contributed by atoms with Crippen LogP contribution in [0.2, 0.25) is 0 Å². The van der Waals surface area contributed by atoms with Gasteiger partial charge in [0.1, 0.15) is 0 Å². The predicted molar refractivity (Wildman–Crippen MR) is 97.7 cm³/mol. The van der Waals surface area contributed by atoms with Crippen LogP contribution in [-0.2, 0) is 10.2 Å². The molecule has 126 valence electrons. The van der Waals surface area contributed by atoms with Gasteiger partial charge in [0.05, 0.1) is 0 Å². The fourth-order valence-electron chi connectivity index (χ4n) is 2.57. The number of hydrogen-bond acceptors (Lipinski definition) is 2. The lowest BCUT2D eigenvalue weighted by Gasteiger charge is -2.20. The highest BCUT2D eigenvalue weighted by molar-refractivity contribution is 9.10. The highest BCUT2D eigenvalue weighted by Gasteiger charge is 2.45. The number of nitrogens with zero attached hydrogens (tertiary/aromatic N) is 2. The van der Waals surface area contributed by atoms with Crippen molar-refractivity contribution < 1.29 is 4.79 Å². The zero-order chi connectivity index (χ0) is 16.9. The molecule has 0 atom stereocenters. The number of nitrogens with one attached hydrogen (secondary N) is 2. The molecule has 0 spiro atoms. The van der Waals surface area contributed by atoms with Crippen LogP contribution in [0.4, 0.5) is 0 Å². The molecule has 1 fully saturated rings. The molecular weight excluding hydrogens is 356 g/mol. The average Bonchev–Trinajstić information content (AvgIpc) is 3.31. The van der Waals surface area contributed by atoms with E-state index in [9.17, 15) is 4.79 Å². The molecule has 1 aromatic carbocycles. The number of aliphatic imine (C=N–C) groups is 1. The molecule has 0 unspecified atom stereocenters. The van der Waals surface area contributed by atoms with Crippen LogP contribution < -0.4 is 10.6 Å². The summed E-state index contributed by atoms with van der Waals surface area (Å²) < 4.78 is 1.17. The number of amides is 1. The topological polar surface area (TPSA) is 56.7 Å². The molecule has 0 aliphatic heterocycles. The van der Waals surface area contributed by atoms with E-state index in [1.165, 1.54) is 22.9 Å². The fraction of sp³-hybridized carbons (Fsp3) is 0.529. The molecule has 2 N–H and O–H groups in total. The summed E-state index contributed by atoms with van der Waals surface area (Å²) in [5.41, 5.74) is 1.54. The van der Waals surface area contributed by atoms with Crippen LogP contribution in [0.5, 0.6) is 0 Å². The molecule has 1 aliphatic carbocycles. The lowest BCUT2D eigenvalue weighted by molar-refractivity contribution is -0.128. The lowest BCUT2D eigenvalue weighted by atomic mass is 9.96. The molecule has 1 aromatic rings. The highest BCUT2D eigenvalue weighted by atomic mass is 79.9. The minimum absolute atomic E-state index is 0.111. The van der Waals surface area contributed by atoms with Gasteiger partial charge < -0.3 is 15.5 Å². The third-order valence-corrected chi connectivity index (χ3v) is 4.94. The quantitative estimate of drug-likeness (QED) is 0.586. The molecular formula is C17H25BrN4O. The van der Waals surface area contributed by atoms with Gasteiger partial charge in [0, 0.05) is 50.5 Å². The monoisotopic (exact) mass is 380 g/mol. The number of rotatable bonds is 6. The molecule has 0 aromatic heterocycles. The predicted octanol–water partition coefficient (Wildman–Crippen LogP) is 2.12. The smallest absolute Gasteiger partial charge is 0.223 e. The van der Waals surface area contributed by atoms with Crippen molar-refractivity contribution in [3.05, 3.63) is 34.3 Å². The van der Waals surface area contributed by atoms with Crippen LogP contribution in [0, 0.1) is 0 Å². The van der Waals surface area contributed by atoms with Crippen molar-refractivity contribution >= 4 is 27.8 Å². The second-order valence-corrected chi connectivity index (χ2v) is 7.01. The van der Waals surface area contributed by atoms with E-state index in [0.717, 1.165) is 12.5 Å². The van der Waals surface area contributed by atoms with Gasteiger partial charge in [-0.15, -0.1) is 0 Å². The lowest BCUT2D eigenvalue weighted by Crippen LogP contribution is -2.42. The van der Waals surface area contributed by atoms with Gasteiger partial charge in [-0.1, -0.05) is 34.1 Å². The van der Waals surface area contributed by atoms with Crippen LogP contribution in [0.25, 0.3) is 0 Å². The first-order valence-electron chi connectivity index (χ1n) is 7.88. The summed E-state index contributed by atoms with van der Waals surface area (Å²) in [6.45, 7) is 1.43. The summed E-state index contributed by atoms with van der Waals surface area (Å²) >= 11 is 3.65. The van der Waals surface area contributed by atoms with Crippen molar-refractivity contribution in [3.8, 4) is 0 Å². The summed E-state index contributed by atoms with van der Waals surface area (Å²) in [4.78, 5) is 17.4. The molecule has 2 rings (SSSR count). The molecule has 0 heterocycles. The minimum Gasteiger partial charge on any atom is -0.356 e. The molecule has 0 saturated heterocycles. The summed E-state index contributed by atoms with van der Waals surface area (Å²) in [5.74, 6) is 0.856. The number of benzene rings is 1. The molecule has 1 saturated carbocycles. The van der Waals surface area contributed by atoms with Crippen LogP contribution in [-0.4, -0.2) is 51.0 Å². The second kappa shape index (κ2) is 7.81. The third kappa shape index (κ3) is 4.70. The Bertz CT molecular complexity index is 582. The summed E-state index contributed by atoms with van der Waals surface area (Å²) in [5, 5.41) is 6.60. The Hall–Kier alpha value is -1.56. The Morgan fingerprint density at radius 1 is 1.30 bits per heavy atom. The minimum atomic E-state index is 0.111. The van der Waals surface area contributed by atoms with Gasteiger partial charge in [0.25, 0.3) is 0 Å². The first kappa shape index (κ1) is 17.8. The SMILES string of the molecule is CN=C(NCCC(=O)N(C)C)NCC1(c2ccccc2Br)CC1. The maximum atomic E-state index is 11.6. The van der Waals surface area contributed by atoms with Crippen molar-refractivity contribution in [3.63, 3.8) is 0 Å². The van der Waals surface area contributed by atoms with E-state index in [0.29, 0.717) is 13.0 Å². The third-order valence-electron chi connectivity index (χ3n) is 4.25. The van der Waals surface area contributed by atoms with Gasteiger partial charge in [-0.3, -0.25) is 9.79 Å². The van der Waals surface area contributed by atoms with E-state index in [4.69, 9.17) is 0 Å². The first-order valence-corrected chi connectivity index (χ1v) is 8.67. The number of hydrogen-bond donors (Lipinski definition) is 2. The summed E-state index contributed by atoms with van der Waals surface area (Å²) in [7, 11) is 5.29. The summed E-state index contributed by atoms with van der Waals surface area (Å²) in [6, 6.07) is 8.40. The van der Waals surface area contributed by atoms with Crippen LogP contribution in [0.1, 0.15) is 24.8 Å². The Balaban J connectivity index is 1.84. The van der Waals surface area contributed by atoms with Crippen LogP contribution in [0.3, 0.4) is 0 Å². The van der Waals surface area contributed by atoms with Crippen molar-refractivity contribution in [1.29, 1.82) is 0 Å². The van der Waals surface area contributed by atoms with Crippen LogP contribution >= 0.6 is 15.9 Å². The van der Waals surface area contributed by atoms with Crippen molar-refractivity contribution in [2.24, 2.45) is 4.99 Å². The Labute approximate surface area is 146 Å². The maximum Gasteiger partial charge on any atom is 0.223 e. The van der Waals surface area contributed by atoms with Gasteiger partial charge in [-0.2, -0.15) is 0 Å². The molecule has 1 aliphatic rings. The molecule has 6 heteroatoms. The zero-order valence-corrected chi connectivity index (χ0v) is 15.6. The van der Waals surface area contributed by atoms with Gasteiger partial charge in [-0.25, -0.2) is 0 Å². The van der Waals surface area contributed by atoms with Gasteiger partial charge >= 0.3 is 0 Å². The highest BCUT2D eigenvalue weighted by Crippen LogP contribution is 2.49. The van der Waals surface area contributed by atoms with Gasteiger partial charge in [-0.05, 0) is 24.5 Å². The van der Waals surface area contributed by atoms with E-state index >= 15 is 0 Å². The maximum absolute atomic E-state index is 11.6. The number of halogens is 1. The Morgan fingerprint density at radius 2 is 2.00 bits per heavy atom. The average molecular weight is 381 g/mol. The molecule has 0 bridgehead atoms. The number of carbonyl (C=O) groups excluding carboxylic acids is 1. The Morgan fingerprint density at radius 3 is 2.57 bits per heavy atom. The molecule has 23 heavy (non-hydrogen) atoms. The summed E-state index contributed by atoms with van der Waals surface area (Å²) in [6.07, 6.45) is 2.82. The standard InChI is InChI=1S/C17H25BrN4O/c1-19-16(20-11-8-15(23)22(2)3)21-12-17(9-10-17)13-6-4-5-7-14(13)18/h4-7H,8-12H2,1-3H3,(H2,19,20,21). The van der Waals surface area contributed by atoms with E-state index in [1.807, 2.05) is 6.07 Å². The van der Waals surface area contributed by atoms with Gasteiger partial charge in [0.15, 0.2) is 5.96 Å². The van der Waals surface area contributed by atoms with Crippen molar-refractivity contribution in [2.75, 3.05) is 34.2 Å².